The highest BCUT2D eigenvalue weighted by atomic mass is 16.6. The van der Waals surface area contributed by atoms with E-state index < -0.39 is 29.9 Å². The normalized spacial score (nSPS) is 19.2. The van der Waals surface area contributed by atoms with Gasteiger partial charge < -0.3 is 30.1 Å². The highest BCUT2D eigenvalue weighted by Gasteiger charge is 2.40. The van der Waals surface area contributed by atoms with Gasteiger partial charge in [-0.3, -0.25) is 14.4 Å². The zero-order valence-corrected chi connectivity index (χ0v) is 21.8. The SMILES string of the molecule is CCOC(=O)N1CCN(C(=O)[C@H](CCC(=O)O)NC(=O)c2cc(C3CC3CO)nc(-c3ccccc3)n2)CC1. The molecule has 2 aliphatic rings. The number of carboxylic acid groups (broad SMARTS) is 1. The van der Waals surface area contributed by atoms with Crippen LogP contribution in [0.3, 0.4) is 0 Å². The molecule has 4 rings (SSSR count). The van der Waals surface area contributed by atoms with Crippen LogP contribution in [0.4, 0.5) is 4.79 Å². The van der Waals surface area contributed by atoms with Gasteiger partial charge in [-0.25, -0.2) is 14.8 Å². The number of hydrogen-bond acceptors (Lipinski definition) is 8. The number of rotatable bonds is 10. The Labute approximate surface area is 226 Å². The van der Waals surface area contributed by atoms with Gasteiger partial charge in [0.25, 0.3) is 5.91 Å². The van der Waals surface area contributed by atoms with Crippen LogP contribution in [0.1, 0.15) is 48.3 Å². The molecular formula is C27H33N5O7. The number of amides is 3. The molecule has 12 nitrogen and oxygen atoms in total. The quantitative estimate of drug-likeness (QED) is 0.406. The lowest BCUT2D eigenvalue weighted by Crippen LogP contribution is -2.56. The minimum atomic E-state index is -1.09. The predicted molar refractivity (Wildman–Crippen MR) is 139 cm³/mol. The Bertz CT molecular complexity index is 1200. The van der Waals surface area contributed by atoms with E-state index in [-0.39, 0.29) is 69.8 Å². The summed E-state index contributed by atoms with van der Waals surface area (Å²) in [5, 5.41) is 21.5. The molecule has 1 aliphatic carbocycles. The second-order valence-electron chi connectivity index (χ2n) is 9.62. The first kappa shape index (κ1) is 28.0. The molecule has 0 bridgehead atoms. The van der Waals surface area contributed by atoms with Gasteiger partial charge in [-0.1, -0.05) is 30.3 Å². The molecule has 208 valence electrons. The fourth-order valence-corrected chi connectivity index (χ4v) is 4.60. The molecule has 12 heteroatoms. The van der Waals surface area contributed by atoms with Gasteiger partial charge in [-0.15, -0.1) is 0 Å². The van der Waals surface area contributed by atoms with Crippen molar-refractivity contribution >= 4 is 23.9 Å². The van der Waals surface area contributed by atoms with Crippen molar-refractivity contribution in [3.63, 3.8) is 0 Å². The molecule has 0 radical (unpaired) electrons. The summed E-state index contributed by atoms with van der Waals surface area (Å²) in [6, 6.07) is 9.65. The number of carbonyl (C=O) groups excluding carboxylic acids is 3. The van der Waals surface area contributed by atoms with Gasteiger partial charge >= 0.3 is 12.1 Å². The van der Waals surface area contributed by atoms with Crippen molar-refractivity contribution in [2.24, 2.45) is 5.92 Å². The zero-order valence-electron chi connectivity index (χ0n) is 21.8. The van der Waals surface area contributed by atoms with Crippen molar-refractivity contribution < 1.29 is 34.1 Å². The summed E-state index contributed by atoms with van der Waals surface area (Å²) in [5.41, 5.74) is 1.41. The zero-order chi connectivity index (χ0) is 27.9. The molecule has 2 unspecified atom stereocenters. The Morgan fingerprint density at radius 2 is 1.77 bits per heavy atom. The number of aliphatic hydroxyl groups excluding tert-OH is 1. The molecule has 2 heterocycles. The van der Waals surface area contributed by atoms with Crippen molar-refractivity contribution in [2.75, 3.05) is 39.4 Å². The largest absolute Gasteiger partial charge is 0.481 e. The van der Waals surface area contributed by atoms with E-state index >= 15 is 0 Å². The number of aliphatic carboxylic acids is 1. The Kier molecular flexibility index (Phi) is 9.07. The third-order valence-corrected chi connectivity index (χ3v) is 6.92. The van der Waals surface area contributed by atoms with Crippen molar-refractivity contribution in [3.8, 4) is 11.4 Å². The van der Waals surface area contributed by atoms with Crippen LogP contribution >= 0.6 is 0 Å². The summed E-state index contributed by atoms with van der Waals surface area (Å²) in [7, 11) is 0. The third-order valence-electron chi connectivity index (χ3n) is 6.92. The number of aromatic nitrogens is 2. The fourth-order valence-electron chi connectivity index (χ4n) is 4.60. The Morgan fingerprint density at radius 1 is 1.08 bits per heavy atom. The van der Waals surface area contributed by atoms with E-state index in [1.165, 1.54) is 9.80 Å². The summed E-state index contributed by atoms with van der Waals surface area (Å²) in [6.45, 7) is 2.99. The first-order valence-corrected chi connectivity index (χ1v) is 13.1. The molecular weight excluding hydrogens is 506 g/mol. The van der Waals surface area contributed by atoms with Crippen LogP contribution < -0.4 is 5.32 Å². The number of ether oxygens (including phenoxy) is 1. The topological polar surface area (TPSA) is 162 Å². The van der Waals surface area contributed by atoms with Gasteiger partial charge in [-0.05, 0) is 31.7 Å². The molecule has 1 aliphatic heterocycles. The summed E-state index contributed by atoms with van der Waals surface area (Å²) >= 11 is 0. The smallest absolute Gasteiger partial charge is 0.409 e. The molecule has 3 N–H and O–H groups in total. The van der Waals surface area contributed by atoms with E-state index in [0.717, 1.165) is 6.42 Å². The number of hydrogen-bond donors (Lipinski definition) is 3. The lowest BCUT2D eigenvalue weighted by Gasteiger charge is -2.35. The number of nitrogens with one attached hydrogen (secondary N) is 1. The average molecular weight is 540 g/mol. The molecule has 1 saturated carbocycles. The van der Waals surface area contributed by atoms with Gasteiger partial charge in [0.2, 0.25) is 5.91 Å². The second-order valence-corrected chi connectivity index (χ2v) is 9.62. The maximum atomic E-state index is 13.4. The van der Waals surface area contributed by atoms with Crippen molar-refractivity contribution in [2.45, 2.75) is 38.1 Å². The average Bonchev–Trinajstić information content (AvgIpc) is 3.75. The maximum absolute atomic E-state index is 13.4. The van der Waals surface area contributed by atoms with E-state index in [1.807, 2.05) is 30.3 Å². The molecule has 2 aromatic rings. The van der Waals surface area contributed by atoms with E-state index in [2.05, 4.69) is 15.3 Å². The van der Waals surface area contributed by atoms with Crippen molar-refractivity contribution in [1.29, 1.82) is 0 Å². The van der Waals surface area contributed by atoms with Crippen LogP contribution in [-0.2, 0) is 14.3 Å². The summed E-state index contributed by atoms with van der Waals surface area (Å²) in [5.74, 6) is -1.71. The first-order chi connectivity index (χ1) is 18.8. The Balaban J connectivity index is 1.52. The minimum absolute atomic E-state index is 0.00662. The van der Waals surface area contributed by atoms with E-state index in [0.29, 0.717) is 17.1 Å². The van der Waals surface area contributed by atoms with Gasteiger partial charge in [-0.2, -0.15) is 0 Å². The van der Waals surface area contributed by atoms with Gasteiger partial charge in [0.1, 0.15) is 11.7 Å². The van der Waals surface area contributed by atoms with Crippen molar-refractivity contribution in [3.05, 3.63) is 47.8 Å². The van der Waals surface area contributed by atoms with Crippen LogP contribution in [-0.4, -0.2) is 99.3 Å². The van der Waals surface area contributed by atoms with E-state index in [1.54, 1.807) is 13.0 Å². The summed E-state index contributed by atoms with van der Waals surface area (Å²) in [6.07, 6.45) is -0.116. The second kappa shape index (κ2) is 12.7. The van der Waals surface area contributed by atoms with Crippen LogP contribution in [0.5, 0.6) is 0 Å². The maximum Gasteiger partial charge on any atom is 0.409 e. The Hall–Kier alpha value is -4.06. The third kappa shape index (κ3) is 7.08. The molecule has 0 spiro atoms. The van der Waals surface area contributed by atoms with Crippen LogP contribution in [0, 0.1) is 5.92 Å². The Morgan fingerprint density at radius 3 is 2.38 bits per heavy atom. The van der Waals surface area contributed by atoms with Gasteiger partial charge in [0.15, 0.2) is 5.82 Å². The number of carboxylic acids is 1. The number of nitrogens with zero attached hydrogens (tertiary/aromatic N) is 4. The summed E-state index contributed by atoms with van der Waals surface area (Å²) < 4.78 is 5.01. The van der Waals surface area contributed by atoms with E-state index in [9.17, 15) is 29.4 Å². The number of aliphatic hydroxyl groups is 1. The molecule has 39 heavy (non-hydrogen) atoms. The fraction of sp³-hybridized carbons (Fsp3) is 0.481. The first-order valence-electron chi connectivity index (χ1n) is 13.1. The molecule has 3 atom stereocenters. The minimum Gasteiger partial charge on any atom is -0.481 e. The number of benzene rings is 1. The highest BCUT2D eigenvalue weighted by molar-refractivity contribution is 5.96. The molecule has 1 aromatic heterocycles. The predicted octanol–water partition coefficient (Wildman–Crippen LogP) is 1.50. The molecule has 1 saturated heterocycles. The molecule has 1 aromatic carbocycles. The van der Waals surface area contributed by atoms with E-state index in [4.69, 9.17) is 4.74 Å². The highest BCUT2D eigenvalue weighted by Crippen LogP contribution is 2.46. The monoisotopic (exact) mass is 539 g/mol. The van der Waals surface area contributed by atoms with Gasteiger partial charge in [0.05, 0.1) is 6.61 Å². The van der Waals surface area contributed by atoms with Crippen LogP contribution in [0.2, 0.25) is 0 Å². The number of piperazine rings is 1. The van der Waals surface area contributed by atoms with Crippen LogP contribution in [0.25, 0.3) is 11.4 Å². The lowest BCUT2D eigenvalue weighted by molar-refractivity contribution is -0.138. The van der Waals surface area contributed by atoms with Crippen LogP contribution in [0.15, 0.2) is 36.4 Å². The molecule has 2 fully saturated rings. The summed E-state index contributed by atoms with van der Waals surface area (Å²) in [4.78, 5) is 62.1. The van der Waals surface area contributed by atoms with Crippen molar-refractivity contribution in [1.82, 2.24) is 25.1 Å². The lowest BCUT2D eigenvalue weighted by atomic mass is 10.1. The standard InChI is InChI=1S/C27H33N5O7/c1-2-39-27(38)32-12-10-31(11-13-32)26(37)20(8-9-23(34)35)30-25(36)22-15-21(19-14-18(19)16-33)28-24(29-22)17-6-4-3-5-7-17/h3-7,15,18-20,33H,2,8-14,16H2,1H3,(H,30,36)(H,34,35)/t18?,19?,20-/m0/s1. The molecule has 3 amide bonds. The number of carbonyl (C=O) groups is 4. The van der Waals surface area contributed by atoms with Gasteiger partial charge in [0, 0.05) is 56.4 Å².